The molecular formula is C15H20N6O3. The normalized spacial score (nSPS) is 24.5. The van der Waals surface area contributed by atoms with Gasteiger partial charge in [0.25, 0.3) is 0 Å². The number of carboxylic acid groups (broad SMARTS) is 1. The molecule has 1 aliphatic heterocycles. The molecule has 3 heterocycles. The Hall–Kier alpha value is -2.29. The maximum atomic E-state index is 11.2. The molecule has 128 valence electrons. The second-order valence-corrected chi connectivity index (χ2v) is 6.80. The lowest BCUT2D eigenvalue weighted by Gasteiger charge is -2.13. The minimum atomic E-state index is -0.786. The topological polar surface area (TPSA) is 110 Å². The molecule has 1 saturated carbocycles. The summed E-state index contributed by atoms with van der Waals surface area (Å²) < 4.78 is 6.95. The maximum Gasteiger partial charge on any atom is 0.303 e. The van der Waals surface area contributed by atoms with Gasteiger partial charge in [-0.3, -0.25) is 14.4 Å². The van der Waals surface area contributed by atoms with Crippen LogP contribution >= 0.6 is 0 Å². The molecule has 0 amide bonds. The maximum absolute atomic E-state index is 11.2. The summed E-state index contributed by atoms with van der Waals surface area (Å²) in [4.78, 5) is 17.8. The lowest BCUT2D eigenvalue weighted by molar-refractivity contribution is -0.138. The van der Waals surface area contributed by atoms with Crippen LogP contribution < -0.4 is 0 Å². The van der Waals surface area contributed by atoms with E-state index in [4.69, 9.17) is 4.52 Å². The van der Waals surface area contributed by atoms with E-state index in [1.54, 1.807) is 4.68 Å². The Balaban J connectivity index is 1.46. The van der Waals surface area contributed by atoms with E-state index in [0.717, 1.165) is 31.0 Å². The van der Waals surface area contributed by atoms with E-state index < -0.39 is 5.97 Å². The first-order chi connectivity index (χ1) is 11.6. The van der Waals surface area contributed by atoms with Crippen molar-refractivity contribution in [1.82, 2.24) is 30.0 Å². The predicted octanol–water partition coefficient (Wildman–Crippen LogP) is 0.766. The molecule has 0 radical (unpaired) electrons. The van der Waals surface area contributed by atoms with Gasteiger partial charge in [-0.05, 0) is 18.8 Å². The number of hydrogen-bond donors (Lipinski definition) is 1. The zero-order valence-electron chi connectivity index (χ0n) is 13.5. The number of aryl methyl sites for hydroxylation is 1. The molecule has 4 rings (SSSR count). The fourth-order valence-corrected chi connectivity index (χ4v) is 3.42. The Kier molecular flexibility index (Phi) is 3.79. The number of carboxylic acids is 1. The van der Waals surface area contributed by atoms with E-state index in [1.807, 2.05) is 13.2 Å². The SMILES string of the molecule is Cn1cc([C@@H]2CN(Cc3noc(C4CC4)n3)C[C@@H]2CC(=O)O)nn1. The van der Waals surface area contributed by atoms with Crippen LogP contribution in [0.15, 0.2) is 10.7 Å². The van der Waals surface area contributed by atoms with Crippen molar-refractivity contribution in [2.24, 2.45) is 13.0 Å². The Morgan fingerprint density at radius 3 is 2.92 bits per heavy atom. The third-order valence-corrected chi connectivity index (χ3v) is 4.73. The minimum Gasteiger partial charge on any atom is -0.481 e. The molecule has 2 fully saturated rings. The number of aromatic nitrogens is 5. The van der Waals surface area contributed by atoms with Crippen molar-refractivity contribution in [1.29, 1.82) is 0 Å². The van der Waals surface area contributed by atoms with Gasteiger partial charge in [0, 0.05) is 38.2 Å². The molecule has 1 saturated heterocycles. The van der Waals surface area contributed by atoms with Crippen molar-refractivity contribution in [2.45, 2.75) is 37.6 Å². The molecule has 0 aromatic carbocycles. The molecule has 0 spiro atoms. The molecule has 2 aliphatic rings. The van der Waals surface area contributed by atoms with Crippen molar-refractivity contribution >= 4 is 5.97 Å². The highest BCUT2D eigenvalue weighted by atomic mass is 16.5. The Morgan fingerprint density at radius 1 is 1.42 bits per heavy atom. The number of rotatable bonds is 6. The number of likely N-dealkylation sites (tertiary alicyclic amines) is 1. The van der Waals surface area contributed by atoms with Gasteiger partial charge in [0.1, 0.15) is 0 Å². The van der Waals surface area contributed by atoms with E-state index in [0.29, 0.717) is 24.8 Å². The van der Waals surface area contributed by atoms with Crippen LogP contribution in [-0.2, 0) is 18.4 Å². The molecule has 24 heavy (non-hydrogen) atoms. The Bertz CT molecular complexity index is 737. The van der Waals surface area contributed by atoms with Crippen molar-refractivity contribution in [3.05, 3.63) is 23.6 Å². The van der Waals surface area contributed by atoms with Gasteiger partial charge in [0.05, 0.1) is 18.7 Å². The molecule has 9 nitrogen and oxygen atoms in total. The van der Waals surface area contributed by atoms with Gasteiger partial charge in [0.2, 0.25) is 5.89 Å². The van der Waals surface area contributed by atoms with Crippen LogP contribution in [0.25, 0.3) is 0 Å². The molecule has 0 bridgehead atoms. The summed E-state index contributed by atoms with van der Waals surface area (Å²) in [6, 6.07) is 0. The van der Waals surface area contributed by atoms with Gasteiger partial charge >= 0.3 is 5.97 Å². The number of carbonyl (C=O) groups is 1. The Morgan fingerprint density at radius 2 is 2.25 bits per heavy atom. The van der Waals surface area contributed by atoms with Crippen LogP contribution in [0.1, 0.15) is 48.5 Å². The van der Waals surface area contributed by atoms with Gasteiger partial charge < -0.3 is 9.63 Å². The second-order valence-electron chi connectivity index (χ2n) is 6.80. The van der Waals surface area contributed by atoms with Gasteiger partial charge in [-0.2, -0.15) is 4.98 Å². The highest BCUT2D eigenvalue weighted by Gasteiger charge is 2.37. The lowest BCUT2D eigenvalue weighted by Crippen LogP contribution is -2.21. The molecule has 0 unspecified atom stereocenters. The summed E-state index contributed by atoms with van der Waals surface area (Å²) in [5.74, 6) is 1.13. The quantitative estimate of drug-likeness (QED) is 0.826. The van der Waals surface area contributed by atoms with Crippen molar-refractivity contribution in [3.8, 4) is 0 Å². The number of aliphatic carboxylic acids is 1. The first-order valence-electron chi connectivity index (χ1n) is 8.21. The summed E-state index contributed by atoms with van der Waals surface area (Å²) in [5.41, 5.74) is 0.845. The molecule has 2 atom stereocenters. The fourth-order valence-electron chi connectivity index (χ4n) is 3.42. The van der Waals surface area contributed by atoms with E-state index in [-0.39, 0.29) is 18.3 Å². The summed E-state index contributed by atoms with van der Waals surface area (Å²) >= 11 is 0. The average molecular weight is 332 g/mol. The van der Waals surface area contributed by atoms with E-state index >= 15 is 0 Å². The van der Waals surface area contributed by atoms with E-state index in [9.17, 15) is 9.90 Å². The summed E-state index contributed by atoms with van der Waals surface area (Å²) in [7, 11) is 1.81. The van der Waals surface area contributed by atoms with Crippen LogP contribution in [-0.4, -0.2) is 54.2 Å². The van der Waals surface area contributed by atoms with Crippen LogP contribution in [0, 0.1) is 5.92 Å². The second kappa shape index (κ2) is 5.97. The summed E-state index contributed by atoms with van der Waals surface area (Å²) in [6.07, 6.45) is 4.24. The summed E-state index contributed by atoms with van der Waals surface area (Å²) in [6.45, 7) is 1.98. The molecule has 1 N–H and O–H groups in total. The lowest BCUT2D eigenvalue weighted by atomic mass is 9.91. The molecular weight excluding hydrogens is 312 g/mol. The number of hydrogen-bond acceptors (Lipinski definition) is 7. The first kappa shape index (κ1) is 15.3. The highest BCUT2D eigenvalue weighted by molar-refractivity contribution is 5.67. The van der Waals surface area contributed by atoms with Crippen LogP contribution in [0.5, 0.6) is 0 Å². The van der Waals surface area contributed by atoms with Crippen molar-refractivity contribution < 1.29 is 14.4 Å². The zero-order valence-corrected chi connectivity index (χ0v) is 13.5. The van der Waals surface area contributed by atoms with E-state index in [1.165, 1.54) is 0 Å². The summed E-state index contributed by atoms with van der Waals surface area (Å²) in [5, 5.41) is 21.4. The average Bonchev–Trinajstić information content (AvgIpc) is 2.92. The highest BCUT2D eigenvalue weighted by Crippen LogP contribution is 2.39. The van der Waals surface area contributed by atoms with E-state index in [2.05, 4.69) is 25.4 Å². The monoisotopic (exact) mass is 332 g/mol. The third-order valence-electron chi connectivity index (χ3n) is 4.73. The minimum absolute atomic E-state index is 0.00834. The zero-order chi connectivity index (χ0) is 16.7. The van der Waals surface area contributed by atoms with Gasteiger partial charge in [-0.1, -0.05) is 10.4 Å². The van der Waals surface area contributed by atoms with Crippen molar-refractivity contribution in [2.75, 3.05) is 13.1 Å². The third kappa shape index (κ3) is 3.16. The Labute approximate surface area is 138 Å². The fraction of sp³-hybridized carbons (Fsp3) is 0.667. The molecule has 1 aliphatic carbocycles. The van der Waals surface area contributed by atoms with Crippen LogP contribution in [0.4, 0.5) is 0 Å². The van der Waals surface area contributed by atoms with Gasteiger partial charge in [0.15, 0.2) is 5.82 Å². The smallest absolute Gasteiger partial charge is 0.303 e. The molecule has 2 aromatic heterocycles. The predicted molar refractivity (Wildman–Crippen MR) is 81.0 cm³/mol. The van der Waals surface area contributed by atoms with Crippen molar-refractivity contribution in [3.63, 3.8) is 0 Å². The van der Waals surface area contributed by atoms with Crippen LogP contribution in [0.3, 0.4) is 0 Å². The van der Waals surface area contributed by atoms with Crippen LogP contribution in [0.2, 0.25) is 0 Å². The number of nitrogens with zero attached hydrogens (tertiary/aromatic N) is 6. The van der Waals surface area contributed by atoms with Gasteiger partial charge in [-0.25, -0.2) is 0 Å². The first-order valence-corrected chi connectivity index (χ1v) is 8.21. The van der Waals surface area contributed by atoms with Gasteiger partial charge in [-0.15, -0.1) is 5.10 Å². The standard InChI is InChI=1S/C15H20N6O3/c1-20-7-12(17-19-20)11-6-21(5-10(11)4-14(22)23)8-13-16-15(24-18-13)9-2-3-9/h7,9-11H,2-6,8H2,1H3,(H,22,23)/t10-,11+/m0/s1. The molecule has 2 aromatic rings. The largest absolute Gasteiger partial charge is 0.481 e. The molecule has 9 heteroatoms.